The number of esters is 1. The van der Waals surface area contributed by atoms with Gasteiger partial charge >= 0.3 is 5.97 Å². The molecule has 0 bridgehead atoms. The van der Waals surface area contributed by atoms with Crippen molar-refractivity contribution >= 4 is 5.97 Å². The second-order valence-electron chi connectivity index (χ2n) is 3.36. The molecule has 17 heavy (non-hydrogen) atoms. The van der Waals surface area contributed by atoms with Crippen molar-refractivity contribution in [2.75, 3.05) is 6.61 Å². The first-order valence-corrected chi connectivity index (χ1v) is 5.20. The van der Waals surface area contributed by atoms with E-state index in [1.54, 1.807) is 31.2 Å². The molecule has 1 rings (SSSR count). The number of carbonyl (C=O) groups is 1. The standard InChI is InChI=1S/C13H13NO3/c1-2-17-13(16)12(9-15)7-10-4-3-5-11(6-10)8-14/h3-6,9,15H,2,7H2,1H3/b12-9+. The lowest BCUT2D eigenvalue weighted by Crippen LogP contribution is -2.10. The zero-order chi connectivity index (χ0) is 12.7. The number of benzene rings is 1. The highest BCUT2D eigenvalue weighted by atomic mass is 16.5. The van der Waals surface area contributed by atoms with Crippen molar-refractivity contribution in [3.05, 3.63) is 47.2 Å². The fraction of sp³-hybridized carbons (Fsp3) is 0.231. The predicted octanol–water partition coefficient (Wildman–Crippen LogP) is 2.11. The first-order valence-electron chi connectivity index (χ1n) is 5.20. The van der Waals surface area contributed by atoms with Crippen LogP contribution in [-0.2, 0) is 16.0 Å². The van der Waals surface area contributed by atoms with Gasteiger partial charge in [0.05, 0.1) is 30.1 Å². The molecule has 0 fully saturated rings. The van der Waals surface area contributed by atoms with E-state index in [2.05, 4.69) is 0 Å². The van der Waals surface area contributed by atoms with Gasteiger partial charge in [0.1, 0.15) is 0 Å². The van der Waals surface area contributed by atoms with E-state index in [1.807, 2.05) is 6.07 Å². The Hall–Kier alpha value is -2.28. The number of nitrogens with zero attached hydrogens (tertiary/aromatic N) is 1. The van der Waals surface area contributed by atoms with Crippen molar-refractivity contribution in [3.63, 3.8) is 0 Å². The lowest BCUT2D eigenvalue weighted by atomic mass is 10.0. The summed E-state index contributed by atoms with van der Waals surface area (Å²) in [5.41, 5.74) is 1.46. The number of hydrogen-bond acceptors (Lipinski definition) is 4. The summed E-state index contributed by atoms with van der Waals surface area (Å²) in [7, 11) is 0. The van der Waals surface area contributed by atoms with E-state index in [0.29, 0.717) is 5.56 Å². The van der Waals surface area contributed by atoms with E-state index in [1.165, 1.54) is 0 Å². The molecule has 0 radical (unpaired) electrons. The first-order chi connectivity index (χ1) is 8.21. The number of nitriles is 1. The molecule has 4 heteroatoms. The van der Waals surface area contributed by atoms with Crippen LogP contribution in [0.1, 0.15) is 18.1 Å². The molecule has 0 unspecified atom stereocenters. The average molecular weight is 231 g/mol. The van der Waals surface area contributed by atoms with E-state index < -0.39 is 5.97 Å². The van der Waals surface area contributed by atoms with Crippen LogP contribution in [0.15, 0.2) is 36.1 Å². The molecule has 1 aromatic rings. The Morgan fingerprint density at radius 2 is 2.35 bits per heavy atom. The summed E-state index contributed by atoms with van der Waals surface area (Å²) in [6.07, 6.45) is 0.988. The van der Waals surface area contributed by atoms with Gasteiger partial charge in [-0.05, 0) is 24.6 Å². The van der Waals surface area contributed by atoms with E-state index in [9.17, 15) is 4.79 Å². The van der Waals surface area contributed by atoms with E-state index in [0.717, 1.165) is 11.8 Å². The third kappa shape index (κ3) is 3.65. The van der Waals surface area contributed by atoms with Crippen LogP contribution in [0.3, 0.4) is 0 Å². The Labute approximate surface area is 99.8 Å². The van der Waals surface area contributed by atoms with E-state index >= 15 is 0 Å². The fourth-order valence-electron chi connectivity index (χ4n) is 1.37. The molecule has 1 aromatic carbocycles. The second kappa shape index (κ2) is 6.33. The van der Waals surface area contributed by atoms with Crippen LogP contribution in [0.4, 0.5) is 0 Å². The lowest BCUT2D eigenvalue weighted by Gasteiger charge is -2.05. The van der Waals surface area contributed by atoms with Gasteiger partial charge in [0.15, 0.2) is 0 Å². The molecule has 0 spiro atoms. The van der Waals surface area contributed by atoms with Crippen LogP contribution in [-0.4, -0.2) is 17.7 Å². The van der Waals surface area contributed by atoms with Crippen LogP contribution in [0.2, 0.25) is 0 Å². The minimum Gasteiger partial charge on any atom is -0.515 e. The monoisotopic (exact) mass is 231 g/mol. The molecule has 0 aliphatic rings. The molecular weight excluding hydrogens is 218 g/mol. The second-order valence-corrected chi connectivity index (χ2v) is 3.36. The third-order valence-corrected chi connectivity index (χ3v) is 2.14. The molecule has 0 aliphatic carbocycles. The maximum Gasteiger partial charge on any atom is 0.337 e. The van der Waals surface area contributed by atoms with Gasteiger partial charge in [0, 0.05) is 6.42 Å². The predicted molar refractivity (Wildman–Crippen MR) is 62.2 cm³/mol. The Morgan fingerprint density at radius 3 is 2.94 bits per heavy atom. The van der Waals surface area contributed by atoms with Gasteiger partial charge in [-0.2, -0.15) is 5.26 Å². The van der Waals surface area contributed by atoms with Crippen molar-refractivity contribution in [3.8, 4) is 6.07 Å². The van der Waals surface area contributed by atoms with Crippen molar-refractivity contribution < 1.29 is 14.6 Å². The zero-order valence-corrected chi connectivity index (χ0v) is 9.51. The molecule has 0 aromatic heterocycles. The van der Waals surface area contributed by atoms with Crippen LogP contribution in [0.25, 0.3) is 0 Å². The maximum absolute atomic E-state index is 11.4. The smallest absolute Gasteiger partial charge is 0.337 e. The first kappa shape index (κ1) is 12.8. The molecule has 4 nitrogen and oxygen atoms in total. The molecular formula is C13H13NO3. The summed E-state index contributed by atoms with van der Waals surface area (Å²) in [5.74, 6) is -0.544. The van der Waals surface area contributed by atoms with Crippen molar-refractivity contribution in [1.82, 2.24) is 0 Å². The van der Waals surface area contributed by atoms with E-state index in [-0.39, 0.29) is 18.6 Å². The van der Waals surface area contributed by atoms with Gasteiger partial charge in [0.2, 0.25) is 0 Å². The molecule has 0 aliphatic heterocycles. The molecule has 0 saturated carbocycles. The Kier molecular flexibility index (Phi) is 4.77. The van der Waals surface area contributed by atoms with Gasteiger partial charge in [-0.3, -0.25) is 0 Å². The molecule has 0 atom stereocenters. The normalized spacial score (nSPS) is 10.7. The number of aliphatic hydroxyl groups excluding tert-OH is 1. The number of ether oxygens (including phenoxy) is 1. The average Bonchev–Trinajstić information content (AvgIpc) is 2.36. The number of rotatable bonds is 4. The van der Waals surface area contributed by atoms with Crippen LogP contribution >= 0.6 is 0 Å². The molecule has 0 heterocycles. The molecule has 0 saturated heterocycles. The SMILES string of the molecule is CCOC(=O)/C(=C/O)Cc1cccc(C#N)c1. The molecule has 1 N–H and O–H groups in total. The van der Waals surface area contributed by atoms with Crippen molar-refractivity contribution in [1.29, 1.82) is 5.26 Å². The van der Waals surface area contributed by atoms with Crippen LogP contribution in [0, 0.1) is 11.3 Å². The molecule has 0 amide bonds. The topological polar surface area (TPSA) is 70.3 Å². The van der Waals surface area contributed by atoms with E-state index in [4.69, 9.17) is 15.1 Å². The summed E-state index contributed by atoms with van der Waals surface area (Å²) in [6, 6.07) is 8.87. The van der Waals surface area contributed by atoms with Gasteiger partial charge in [0.25, 0.3) is 0 Å². The summed E-state index contributed by atoms with van der Waals surface area (Å²) in [4.78, 5) is 11.4. The summed E-state index contributed by atoms with van der Waals surface area (Å²) in [5, 5.41) is 17.7. The Balaban J connectivity index is 2.82. The van der Waals surface area contributed by atoms with Crippen LogP contribution < -0.4 is 0 Å². The zero-order valence-electron chi connectivity index (χ0n) is 9.51. The lowest BCUT2D eigenvalue weighted by molar-refractivity contribution is -0.138. The maximum atomic E-state index is 11.4. The minimum absolute atomic E-state index is 0.168. The van der Waals surface area contributed by atoms with Gasteiger partial charge < -0.3 is 9.84 Å². The van der Waals surface area contributed by atoms with Crippen molar-refractivity contribution in [2.45, 2.75) is 13.3 Å². The highest BCUT2D eigenvalue weighted by Gasteiger charge is 2.11. The highest BCUT2D eigenvalue weighted by Crippen LogP contribution is 2.11. The number of aliphatic hydroxyl groups is 1. The summed E-state index contributed by atoms with van der Waals surface area (Å²) in [6.45, 7) is 1.96. The highest BCUT2D eigenvalue weighted by molar-refractivity contribution is 5.88. The molecule has 88 valence electrons. The van der Waals surface area contributed by atoms with Crippen LogP contribution in [0.5, 0.6) is 0 Å². The summed E-state index contributed by atoms with van der Waals surface area (Å²) < 4.78 is 4.79. The minimum atomic E-state index is -0.544. The Bertz CT molecular complexity index is 472. The van der Waals surface area contributed by atoms with Gasteiger partial charge in [-0.25, -0.2) is 4.79 Å². The number of carbonyl (C=O) groups excluding carboxylic acids is 1. The van der Waals surface area contributed by atoms with Gasteiger partial charge in [-0.1, -0.05) is 12.1 Å². The fourth-order valence-corrected chi connectivity index (χ4v) is 1.37. The number of hydrogen-bond donors (Lipinski definition) is 1. The third-order valence-electron chi connectivity index (χ3n) is 2.14. The largest absolute Gasteiger partial charge is 0.515 e. The van der Waals surface area contributed by atoms with Crippen molar-refractivity contribution in [2.24, 2.45) is 0 Å². The summed E-state index contributed by atoms with van der Waals surface area (Å²) >= 11 is 0. The van der Waals surface area contributed by atoms with Gasteiger partial charge in [-0.15, -0.1) is 0 Å². The quantitative estimate of drug-likeness (QED) is 0.489. The Morgan fingerprint density at radius 1 is 1.59 bits per heavy atom.